The smallest absolute Gasteiger partial charge is 0.124 e. The molecule has 19 heavy (non-hydrogen) atoms. The van der Waals surface area contributed by atoms with Crippen LogP contribution in [0.2, 0.25) is 0 Å². The molecule has 1 aliphatic carbocycles. The molecule has 1 aromatic carbocycles. The molecule has 1 N–H and O–H groups in total. The molecule has 2 rings (SSSR count). The largest absolute Gasteiger partial charge is 0.392 e. The fraction of sp³-hybridized carbons (Fsp3) is 0.625. The molecule has 1 aliphatic rings. The first-order valence-electron chi connectivity index (χ1n) is 7.28. The van der Waals surface area contributed by atoms with Crippen LogP contribution in [-0.2, 0) is 6.42 Å². The van der Waals surface area contributed by atoms with Crippen LogP contribution in [0.4, 0.5) is 4.39 Å². The molecule has 1 saturated carbocycles. The Kier molecular flexibility index (Phi) is 5.83. The zero-order valence-corrected chi connectivity index (χ0v) is 12.8. The number of rotatable bonds is 3. The van der Waals surface area contributed by atoms with E-state index in [1.165, 1.54) is 44.2 Å². The average Bonchev–Trinajstić information content (AvgIpc) is 2.26. The summed E-state index contributed by atoms with van der Waals surface area (Å²) >= 11 is 3.30. The van der Waals surface area contributed by atoms with Crippen molar-refractivity contribution in [2.24, 2.45) is 5.92 Å². The molecule has 0 radical (unpaired) electrons. The fourth-order valence-corrected chi connectivity index (χ4v) is 3.52. The van der Waals surface area contributed by atoms with Crippen LogP contribution < -0.4 is 0 Å². The Bertz CT molecular complexity index is 379. The number of halogens is 2. The normalized spacial score (nSPS) is 19.7. The number of benzene rings is 1. The van der Waals surface area contributed by atoms with E-state index in [4.69, 9.17) is 0 Å². The van der Waals surface area contributed by atoms with Crippen LogP contribution in [0.3, 0.4) is 0 Å². The topological polar surface area (TPSA) is 20.2 Å². The van der Waals surface area contributed by atoms with Gasteiger partial charge in [0.25, 0.3) is 0 Å². The first-order valence-corrected chi connectivity index (χ1v) is 8.07. The Morgan fingerprint density at radius 3 is 2.37 bits per heavy atom. The lowest BCUT2D eigenvalue weighted by Gasteiger charge is -2.25. The van der Waals surface area contributed by atoms with Crippen LogP contribution in [0.15, 0.2) is 22.7 Å². The summed E-state index contributed by atoms with van der Waals surface area (Å²) in [5.41, 5.74) is 0.876. The summed E-state index contributed by atoms with van der Waals surface area (Å²) < 4.78 is 14.1. The van der Waals surface area contributed by atoms with Crippen molar-refractivity contribution in [1.82, 2.24) is 0 Å². The molecule has 1 aromatic rings. The Labute approximate surface area is 123 Å². The molecule has 1 atom stereocenters. The van der Waals surface area contributed by atoms with E-state index in [1.807, 2.05) is 6.07 Å². The summed E-state index contributed by atoms with van der Waals surface area (Å²) in [6.45, 7) is 0. The zero-order valence-electron chi connectivity index (χ0n) is 11.2. The lowest BCUT2D eigenvalue weighted by Crippen LogP contribution is -2.23. The number of aliphatic hydroxyl groups is 1. The van der Waals surface area contributed by atoms with Gasteiger partial charge in [0.15, 0.2) is 0 Å². The summed E-state index contributed by atoms with van der Waals surface area (Å²) in [4.78, 5) is 0. The van der Waals surface area contributed by atoms with E-state index in [0.29, 0.717) is 12.3 Å². The van der Waals surface area contributed by atoms with Gasteiger partial charge in [-0.05, 0) is 48.9 Å². The summed E-state index contributed by atoms with van der Waals surface area (Å²) in [5, 5.41) is 10.4. The molecule has 0 heterocycles. The van der Waals surface area contributed by atoms with E-state index in [2.05, 4.69) is 15.9 Å². The third-order valence-electron chi connectivity index (χ3n) is 4.06. The summed E-state index contributed by atoms with van der Waals surface area (Å²) in [7, 11) is 0. The molecular formula is C16H22BrFO. The van der Waals surface area contributed by atoms with Gasteiger partial charge in [-0.25, -0.2) is 4.39 Å². The van der Waals surface area contributed by atoms with Gasteiger partial charge < -0.3 is 5.11 Å². The fourth-order valence-electron chi connectivity index (χ4n) is 3.01. The summed E-state index contributed by atoms with van der Waals surface area (Å²) in [6, 6.07) is 4.87. The van der Waals surface area contributed by atoms with Crippen LogP contribution in [-0.4, -0.2) is 11.2 Å². The van der Waals surface area contributed by atoms with E-state index in [-0.39, 0.29) is 11.9 Å². The third-order valence-corrected chi connectivity index (χ3v) is 4.52. The predicted octanol–water partition coefficient (Wildman–Crippen LogP) is 4.85. The van der Waals surface area contributed by atoms with Crippen molar-refractivity contribution in [2.45, 2.75) is 57.5 Å². The second-order valence-electron chi connectivity index (χ2n) is 5.65. The van der Waals surface area contributed by atoms with Crippen LogP contribution in [0.5, 0.6) is 0 Å². The monoisotopic (exact) mass is 328 g/mol. The van der Waals surface area contributed by atoms with Crippen molar-refractivity contribution in [3.8, 4) is 0 Å². The first kappa shape index (κ1) is 15.0. The molecule has 106 valence electrons. The van der Waals surface area contributed by atoms with E-state index < -0.39 is 0 Å². The third kappa shape index (κ3) is 4.88. The SMILES string of the molecule is OC(Cc1cc(F)cc(Br)c1)C1CCCCCCC1. The van der Waals surface area contributed by atoms with Crippen molar-refractivity contribution < 1.29 is 9.50 Å². The Morgan fingerprint density at radius 2 is 1.74 bits per heavy atom. The molecule has 1 fully saturated rings. The Morgan fingerprint density at radius 1 is 1.11 bits per heavy atom. The van der Waals surface area contributed by atoms with Gasteiger partial charge in [-0.2, -0.15) is 0 Å². The van der Waals surface area contributed by atoms with Crippen molar-refractivity contribution in [3.05, 3.63) is 34.1 Å². The molecule has 0 aromatic heterocycles. The highest BCUT2D eigenvalue weighted by molar-refractivity contribution is 9.10. The molecule has 0 aliphatic heterocycles. The highest BCUT2D eigenvalue weighted by Gasteiger charge is 2.20. The summed E-state index contributed by atoms with van der Waals surface area (Å²) in [5.74, 6) is 0.136. The lowest BCUT2D eigenvalue weighted by atomic mass is 9.85. The van der Waals surface area contributed by atoms with Gasteiger partial charge in [0, 0.05) is 4.47 Å². The molecule has 0 amide bonds. The first-order chi connectivity index (χ1) is 9.15. The van der Waals surface area contributed by atoms with Gasteiger partial charge in [0.05, 0.1) is 6.10 Å². The lowest BCUT2D eigenvalue weighted by molar-refractivity contribution is 0.0913. The van der Waals surface area contributed by atoms with Crippen molar-refractivity contribution in [2.75, 3.05) is 0 Å². The zero-order chi connectivity index (χ0) is 13.7. The average molecular weight is 329 g/mol. The minimum atomic E-state index is -0.341. The quantitative estimate of drug-likeness (QED) is 0.840. The summed E-state index contributed by atoms with van der Waals surface area (Å²) in [6.07, 6.45) is 8.77. The molecule has 1 unspecified atom stereocenters. The van der Waals surface area contributed by atoms with Gasteiger partial charge in [0.2, 0.25) is 0 Å². The maximum atomic E-state index is 13.3. The van der Waals surface area contributed by atoms with Crippen molar-refractivity contribution in [3.63, 3.8) is 0 Å². The van der Waals surface area contributed by atoms with E-state index in [1.54, 1.807) is 0 Å². The van der Waals surface area contributed by atoms with Crippen LogP contribution in [0.25, 0.3) is 0 Å². The van der Waals surface area contributed by atoms with Crippen LogP contribution in [0.1, 0.15) is 50.5 Å². The van der Waals surface area contributed by atoms with E-state index in [9.17, 15) is 9.50 Å². The number of aliphatic hydroxyl groups excluding tert-OH is 1. The van der Waals surface area contributed by atoms with Crippen molar-refractivity contribution in [1.29, 1.82) is 0 Å². The van der Waals surface area contributed by atoms with Gasteiger partial charge in [0.1, 0.15) is 5.82 Å². The van der Waals surface area contributed by atoms with Gasteiger partial charge in [-0.15, -0.1) is 0 Å². The van der Waals surface area contributed by atoms with Crippen LogP contribution in [0, 0.1) is 11.7 Å². The molecule has 0 spiro atoms. The molecule has 1 nitrogen and oxygen atoms in total. The second kappa shape index (κ2) is 7.39. The minimum absolute atomic E-state index is 0.241. The second-order valence-corrected chi connectivity index (χ2v) is 6.57. The van der Waals surface area contributed by atoms with Gasteiger partial charge in [-0.3, -0.25) is 0 Å². The Hall–Kier alpha value is -0.410. The predicted molar refractivity (Wildman–Crippen MR) is 79.6 cm³/mol. The maximum absolute atomic E-state index is 13.3. The van der Waals surface area contributed by atoms with Gasteiger partial charge in [-0.1, -0.05) is 48.0 Å². The molecule has 0 saturated heterocycles. The highest BCUT2D eigenvalue weighted by Crippen LogP contribution is 2.27. The molecular weight excluding hydrogens is 307 g/mol. The Balaban J connectivity index is 1.96. The van der Waals surface area contributed by atoms with E-state index in [0.717, 1.165) is 22.9 Å². The minimum Gasteiger partial charge on any atom is -0.392 e. The van der Waals surface area contributed by atoms with Crippen molar-refractivity contribution >= 4 is 15.9 Å². The van der Waals surface area contributed by atoms with E-state index >= 15 is 0 Å². The number of hydrogen-bond acceptors (Lipinski definition) is 1. The van der Waals surface area contributed by atoms with Crippen LogP contribution >= 0.6 is 15.9 Å². The highest BCUT2D eigenvalue weighted by atomic mass is 79.9. The van der Waals surface area contributed by atoms with Gasteiger partial charge >= 0.3 is 0 Å². The number of hydrogen-bond donors (Lipinski definition) is 1. The standard InChI is InChI=1S/C16H22BrFO/c17-14-8-12(9-15(18)11-14)10-16(19)13-6-4-2-1-3-5-7-13/h8-9,11,13,16,19H,1-7,10H2. The molecule has 3 heteroatoms. The maximum Gasteiger partial charge on any atom is 0.124 e. The molecule has 0 bridgehead atoms.